The van der Waals surface area contributed by atoms with E-state index in [9.17, 15) is 5.11 Å². The predicted molar refractivity (Wildman–Crippen MR) is 107 cm³/mol. The molecule has 1 aliphatic carbocycles. The molecule has 28 heavy (non-hydrogen) atoms. The Morgan fingerprint density at radius 1 is 1.11 bits per heavy atom. The van der Waals surface area contributed by atoms with E-state index in [4.69, 9.17) is 5.73 Å². The fourth-order valence-electron chi connectivity index (χ4n) is 5.06. The summed E-state index contributed by atoms with van der Waals surface area (Å²) < 4.78 is 2.11. The Labute approximate surface area is 163 Å². The molecular formula is C21H24N6O. The highest BCUT2D eigenvalue weighted by atomic mass is 16.3. The third kappa shape index (κ3) is 2.43. The van der Waals surface area contributed by atoms with Crippen molar-refractivity contribution in [1.82, 2.24) is 19.5 Å². The summed E-state index contributed by atoms with van der Waals surface area (Å²) in [5, 5.41) is 11.6. The number of aryl methyl sites for hydroxylation is 1. The highest BCUT2D eigenvalue weighted by Gasteiger charge is 2.53. The predicted octanol–water partition coefficient (Wildman–Crippen LogP) is 2.07. The Balaban J connectivity index is 1.50. The second-order valence-corrected chi connectivity index (χ2v) is 7.77. The fourth-order valence-corrected chi connectivity index (χ4v) is 5.06. The maximum atomic E-state index is 11.6. The van der Waals surface area contributed by atoms with Gasteiger partial charge in [0.15, 0.2) is 0 Å². The summed E-state index contributed by atoms with van der Waals surface area (Å²) in [7, 11) is 0. The monoisotopic (exact) mass is 376 g/mol. The zero-order chi connectivity index (χ0) is 19.3. The van der Waals surface area contributed by atoms with Crippen molar-refractivity contribution in [1.29, 1.82) is 0 Å². The average molecular weight is 376 g/mol. The minimum absolute atomic E-state index is 0.0973. The molecule has 0 unspecified atom stereocenters. The number of hydrogen-bond donors (Lipinski definition) is 2. The van der Waals surface area contributed by atoms with Crippen molar-refractivity contribution in [3.05, 3.63) is 65.9 Å². The molecule has 1 aliphatic heterocycles. The van der Waals surface area contributed by atoms with Crippen LogP contribution in [0, 0.1) is 6.92 Å². The molecule has 0 amide bonds. The van der Waals surface area contributed by atoms with Crippen LogP contribution in [-0.2, 0) is 5.41 Å². The topological polar surface area (TPSA) is 93.1 Å². The van der Waals surface area contributed by atoms with Crippen LogP contribution in [0.15, 0.2) is 48.9 Å². The number of aliphatic hydroxyl groups excluding tert-OH is 1. The molecule has 7 nitrogen and oxygen atoms in total. The van der Waals surface area contributed by atoms with Gasteiger partial charge < -0.3 is 20.3 Å². The Bertz CT molecular complexity index is 1010. The smallest absolute Gasteiger partial charge is 0.221 e. The minimum Gasteiger partial charge on any atom is -0.390 e. The number of fused-ring (bicyclic) bond motifs is 2. The van der Waals surface area contributed by atoms with E-state index in [0.717, 1.165) is 37.6 Å². The van der Waals surface area contributed by atoms with Crippen LogP contribution in [0.1, 0.15) is 35.8 Å². The molecular weight excluding hydrogens is 352 g/mol. The van der Waals surface area contributed by atoms with Crippen molar-refractivity contribution in [3.8, 4) is 0 Å². The lowest BCUT2D eigenvalue weighted by Crippen LogP contribution is -2.48. The van der Waals surface area contributed by atoms with Gasteiger partial charge in [-0.15, -0.1) is 0 Å². The third-order valence-corrected chi connectivity index (χ3v) is 6.48. The van der Waals surface area contributed by atoms with Gasteiger partial charge in [0.05, 0.1) is 12.1 Å². The number of aromatic nitrogens is 4. The maximum absolute atomic E-state index is 11.6. The highest BCUT2D eigenvalue weighted by Crippen LogP contribution is 2.52. The molecule has 0 bridgehead atoms. The normalized spacial score (nSPS) is 23.1. The first-order valence-corrected chi connectivity index (χ1v) is 9.70. The van der Waals surface area contributed by atoms with Crippen LogP contribution in [-0.4, -0.2) is 43.8 Å². The van der Waals surface area contributed by atoms with Crippen molar-refractivity contribution in [3.63, 3.8) is 0 Å². The molecule has 2 aromatic heterocycles. The van der Waals surface area contributed by atoms with Gasteiger partial charge in [0.25, 0.3) is 0 Å². The zero-order valence-corrected chi connectivity index (χ0v) is 15.9. The number of aliphatic hydroxyl groups is 1. The van der Waals surface area contributed by atoms with Crippen LogP contribution in [0.5, 0.6) is 0 Å². The second kappa shape index (κ2) is 6.31. The zero-order valence-electron chi connectivity index (χ0n) is 15.9. The summed E-state index contributed by atoms with van der Waals surface area (Å²) in [5.74, 6) is 2.06. The van der Waals surface area contributed by atoms with Gasteiger partial charge in [0.1, 0.15) is 11.6 Å². The quantitative estimate of drug-likeness (QED) is 0.711. The van der Waals surface area contributed by atoms with Crippen LogP contribution >= 0.6 is 0 Å². The van der Waals surface area contributed by atoms with Gasteiger partial charge in [-0.2, -0.15) is 4.98 Å². The van der Waals surface area contributed by atoms with Crippen LogP contribution in [0.4, 0.5) is 11.8 Å². The van der Waals surface area contributed by atoms with Crippen molar-refractivity contribution in [2.24, 2.45) is 0 Å². The number of imidazole rings is 1. The molecule has 5 rings (SSSR count). The molecule has 3 aromatic rings. The van der Waals surface area contributed by atoms with Gasteiger partial charge in [0.2, 0.25) is 5.95 Å². The molecule has 3 heterocycles. The molecule has 0 saturated carbocycles. The summed E-state index contributed by atoms with van der Waals surface area (Å²) >= 11 is 0. The fraction of sp³-hybridized carbons (Fsp3) is 0.381. The number of hydrogen-bond acceptors (Lipinski definition) is 6. The number of piperidine rings is 1. The molecule has 1 aromatic carbocycles. The lowest BCUT2D eigenvalue weighted by atomic mass is 9.72. The van der Waals surface area contributed by atoms with Crippen molar-refractivity contribution in [2.75, 3.05) is 23.7 Å². The summed E-state index contributed by atoms with van der Waals surface area (Å²) in [5.41, 5.74) is 7.97. The summed E-state index contributed by atoms with van der Waals surface area (Å²) in [6.07, 6.45) is 6.70. The molecule has 0 radical (unpaired) electrons. The van der Waals surface area contributed by atoms with Gasteiger partial charge in [-0.05, 0) is 37.0 Å². The lowest BCUT2D eigenvalue weighted by molar-refractivity contribution is 0.0487. The maximum Gasteiger partial charge on any atom is 0.221 e. The first-order chi connectivity index (χ1) is 13.6. The van der Waals surface area contributed by atoms with Crippen molar-refractivity contribution in [2.45, 2.75) is 37.3 Å². The van der Waals surface area contributed by atoms with Gasteiger partial charge in [-0.25, -0.2) is 9.97 Å². The first-order valence-electron chi connectivity index (χ1n) is 9.70. The Morgan fingerprint density at radius 3 is 2.61 bits per heavy atom. The van der Waals surface area contributed by atoms with Gasteiger partial charge in [-0.3, -0.25) is 0 Å². The number of benzene rings is 1. The van der Waals surface area contributed by atoms with Gasteiger partial charge in [-0.1, -0.05) is 24.3 Å². The molecule has 144 valence electrons. The van der Waals surface area contributed by atoms with E-state index in [1.165, 1.54) is 11.1 Å². The number of nitrogen functional groups attached to an aromatic ring is 1. The Hall–Kier alpha value is -2.93. The molecule has 2 aliphatic rings. The first kappa shape index (κ1) is 17.2. The molecule has 1 spiro atoms. The highest BCUT2D eigenvalue weighted by molar-refractivity contribution is 5.49. The van der Waals surface area contributed by atoms with Crippen LogP contribution < -0.4 is 10.6 Å². The molecule has 2 atom stereocenters. The van der Waals surface area contributed by atoms with E-state index in [0.29, 0.717) is 5.95 Å². The molecule has 3 N–H and O–H groups in total. The number of rotatable bonds is 2. The van der Waals surface area contributed by atoms with Crippen LogP contribution in [0.2, 0.25) is 0 Å². The standard InChI is InChI=1S/C21H24N6O/c1-14-23-10-13-27(14)18-15-4-2-3-5-16(15)21(19(18)28)7-11-26(12-8-21)17-6-9-24-20(22)25-17/h2-6,9-10,13,18-19,28H,7-8,11-12H2,1H3,(H2,22,24,25)/t18-,19+/m0/s1. The van der Waals surface area contributed by atoms with Crippen LogP contribution in [0.3, 0.4) is 0 Å². The second-order valence-electron chi connectivity index (χ2n) is 7.77. The van der Waals surface area contributed by atoms with Crippen molar-refractivity contribution < 1.29 is 5.11 Å². The summed E-state index contributed by atoms with van der Waals surface area (Å²) in [6.45, 7) is 3.62. The Morgan fingerprint density at radius 2 is 1.89 bits per heavy atom. The van der Waals surface area contributed by atoms with E-state index in [-0.39, 0.29) is 11.5 Å². The number of nitrogens with two attached hydrogens (primary N) is 1. The molecule has 1 fully saturated rings. The number of nitrogens with zero attached hydrogens (tertiary/aromatic N) is 5. The molecule has 1 saturated heterocycles. The lowest BCUT2D eigenvalue weighted by Gasteiger charge is -2.43. The van der Waals surface area contributed by atoms with E-state index in [1.807, 2.05) is 19.2 Å². The third-order valence-electron chi connectivity index (χ3n) is 6.48. The van der Waals surface area contributed by atoms with E-state index in [1.54, 1.807) is 12.4 Å². The minimum atomic E-state index is -0.490. The van der Waals surface area contributed by atoms with Crippen LogP contribution in [0.25, 0.3) is 0 Å². The van der Waals surface area contributed by atoms with E-state index < -0.39 is 6.10 Å². The van der Waals surface area contributed by atoms with Gasteiger partial charge in [0, 0.05) is 37.1 Å². The summed E-state index contributed by atoms with van der Waals surface area (Å²) in [6, 6.07) is 10.3. The van der Waals surface area contributed by atoms with Crippen molar-refractivity contribution >= 4 is 11.8 Å². The largest absolute Gasteiger partial charge is 0.390 e. The SMILES string of the molecule is Cc1nccn1[C@H]1c2ccccc2C2(CCN(c3ccnc(N)n3)CC2)[C@@H]1O. The molecule has 7 heteroatoms. The average Bonchev–Trinajstić information content (AvgIpc) is 3.23. The van der Waals surface area contributed by atoms with Gasteiger partial charge >= 0.3 is 0 Å². The van der Waals surface area contributed by atoms with E-state index >= 15 is 0 Å². The Kier molecular flexibility index (Phi) is 3.87. The number of anilines is 2. The summed E-state index contributed by atoms with van der Waals surface area (Å²) in [4.78, 5) is 15.0. The van der Waals surface area contributed by atoms with E-state index in [2.05, 4.69) is 48.7 Å².